The van der Waals surface area contributed by atoms with E-state index in [1.165, 1.54) is 96.3 Å². The summed E-state index contributed by atoms with van der Waals surface area (Å²) >= 11 is 0. The summed E-state index contributed by atoms with van der Waals surface area (Å²) in [5.41, 5.74) is 0.422. The number of carbonyl (C=O) groups excluding carboxylic acids is 3. The third-order valence-corrected chi connectivity index (χ3v) is 9.42. The Balaban J connectivity index is 1.25. The Kier molecular flexibility index (Phi) is 20.8. The summed E-state index contributed by atoms with van der Waals surface area (Å²) in [4.78, 5) is 39.6. The number of hydrogen-bond donors (Lipinski definition) is 0. The zero-order valence-electron chi connectivity index (χ0n) is 31.0. The molecule has 0 unspecified atom stereocenters. The summed E-state index contributed by atoms with van der Waals surface area (Å²) in [5, 5.41) is 0. The Morgan fingerprint density at radius 3 is 1.52 bits per heavy atom. The molecular formula is C42H63NO7. The number of benzene rings is 2. The zero-order chi connectivity index (χ0) is 35.7. The highest BCUT2D eigenvalue weighted by Crippen LogP contribution is 2.23. The van der Waals surface area contributed by atoms with Gasteiger partial charge in [0.2, 0.25) is 0 Å². The zero-order valence-corrected chi connectivity index (χ0v) is 31.0. The van der Waals surface area contributed by atoms with Crippen molar-refractivity contribution in [1.82, 2.24) is 4.90 Å². The van der Waals surface area contributed by atoms with Crippen LogP contribution in [0.2, 0.25) is 0 Å². The molecule has 0 aliphatic carbocycles. The van der Waals surface area contributed by atoms with Crippen molar-refractivity contribution in [2.45, 2.75) is 142 Å². The van der Waals surface area contributed by atoms with Crippen LogP contribution in [0, 0.1) is 5.92 Å². The van der Waals surface area contributed by atoms with Gasteiger partial charge in [0.05, 0.1) is 24.7 Å². The number of piperidine rings is 1. The molecule has 1 fully saturated rings. The maximum Gasteiger partial charge on any atom is 0.415 e. The van der Waals surface area contributed by atoms with Crippen molar-refractivity contribution in [3.05, 3.63) is 54.1 Å². The minimum Gasteiger partial charge on any atom is -0.494 e. The number of rotatable bonds is 25. The average Bonchev–Trinajstić information content (AvgIpc) is 3.14. The summed E-state index contributed by atoms with van der Waals surface area (Å²) in [5.74, 6) is 0.624. The fourth-order valence-electron chi connectivity index (χ4n) is 6.20. The van der Waals surface area contributed by atoms with E-state index in [2.05, 4.69) is 13.8 Å². The normalized spacial score (nSPS) is 13.2. The summed E-state index contributed by atoms with van der Waals surface area (Å²) in [7, 11) is 0. The van der Waals surface area contributed by atoms with Crippen LogP contribution in [0.15, 0.2) is 48.5 Å². The minimum atomic E-state index is -0.478. The number of ether oxygens (including phenoxy) is 4. The third-order valence-electron chi connectivity index (χ3n) is 9.42. The van der Waals surface area contributed by atoms with Crippen LogP contribution < -0.4 is 14.2 Å². The predicted molar refractivity (Wildman–Crippen MR) is 199 cm³/mol. The van der Waals surface area contributed by atoms with E-state index in [0.717, 1.165) is 25.0 Å². The van der Waals surface area contributed by atoms with Gasteiger partial charge in [-0.3, -0.25) is 4.79 Å². The lowest BCUT2D eigenvalue weighted by Gasteiger charge is -2.30. The van der Waals surface area contributed by atoms with Gasteiger partial charge in [-0.25, -0.2) is 9.59 Å². The molecule has 2 aromatic carbocycles. The molecular weight excluding hydrogens is 630 g/mol. The Morgan fingerprint density at radius 2 is 1.00 bits per heavy atom. The van der Waals surface area contributed by atoms with E-state index in [1.807, 2.05) is 0 Å². The van der Waals surface area contributed by atoms with E-state index in [0.29, 0.717) is 56.2 Å². The maximum absolute atomic E-state index is 12.8. The van der Waals surface area contributed by atoms with E-state index >= 15 is 0 Å². The first-order chi connectivity index (χ1) is 24.5. The first-order valence-corrected chi connectivity index (χ1v) is 19.7. The van der Waals surface area contributed by atoms with Gasteiger partial charge in [0.25, 0.3) is 0 Å². The molecule has 0 saturated carbocycles. The van der Waals surface area contributed by atoms with Crippen molar-refractivity contribution in [3.63, 3.8) is 0 Å². The molecule has 1 saturated heterocycles. The molecule has 8 nitrogen and oxygen atoms in total. The lowest BCUT2D eigenvalue weighted by atomic mass is 9.97. The topological polar surface area (TPSA) is 91.4 Å². The Bertz CT molecular complexity index is 1210. The van der Waals surface area contributed by atoms with Gasteiger partial charge >= 0.3 is 18.0 Å². The molecule has 2 aromatic rings. The fourth-order valence-corrected chi connectivity index (χ4v) is 6.20. The molecule has 0 N–H and O–H groups in total. The minimum absolute atomic E-state index is 0.155. The van der Waals surface area contributed by atoms with E-state index < -0.39 is 12.1 Å². The van der Waals surface area contributed by atoms with Gasteiger partial charge in [-0.05, 0) is 74.2 Å². The van der Waals surface area contributed by atoms with Crippen LogP contribution in [0.5, 0.6) is 17.2 Å². The van der Waals surface area contributed by atoms with E-state index in [4.69, 9.17) is 18.9 Å². The first kappa shape index (κ1) is 40.9. The van der Waals surface area contributed by atoms with Gasteiger partial charge in [-0.15, -0.1) is 0 Å². The second kappa shape index (κ2) is 25.4. The molecule has 1 aliphatic rings. The molecule has 0 spiro atoms. The highest BCUT2D eigenvalue weighted by Gasteiger charge is 2.29. The molecule has 0 atom stereocenters. The summed E-state index contributed by atoms with van der Waals surface area (Å²) in [6, 6.07) is 13.4. The smallest absolute Gasteiger partial charge is 0.415 e. The SMILES string of the molecule is CCCCCCCCCCCCOC(=O)C1CCN(C(=O)Oc2ccc(OC(=O)c3ccc(OCCCCCCCCCC)cc3)cc2)CC1. The molecule has 1 aliphatic heterocycles. The molecule has 278 valence electrons. The number of amides is 1. The van der Waals surface area contributed by atoms with Gasteiger partial charge in [-0.2, -0.15) is 0 Å². The van der Waals surface area contributed by atoms with Crippen LogP contribution in [0.3, 0.4) is 0 Å². The van der Waals surface area contributed by atoms with Crippen LogP contribution >= 0.6 is 0 Å². The van der Waals surface area contributed by atoms with E-state index in [1.54, 1.807) is 53.4 Å². The van der Waals surface area contributed by atoms with Crippen molar-refractivity contribution in [2.24, 2.45) is 5.92 Å². The lowest BCUT2D eigenvalue weighted by molar-refractivity contribution is -0.150. The number of unbranched alkanes of at least 4 members (excludes halogenated alkanes) is 16. The number of likely N-dealkylation sites (tertiary alicyclic amines) is 1. The Labute approximate surface area is 301 Å². The van der Waals surface area contributed by atoms with Crippen LogP contribution in [-0.4, -0.2) is 49.2 Å². The van der Waals surface area contributed by atoms with Gasteiger partial charge in [0.1, 0.15) is 17.2 Å². The van der Waals surface area contributed by atoms with Crippen LogP contribution in [0.4, 0.5) is 4.79 Å². The molecule has 3 rings (SSSR count). The quantitative estimate of drug-likeness (QED) is 0.0580. The first-order valence-electron chi connectivity index (χ1n) is 19.7. The summed E-state index contributed by atoms with van der Waals surface area (Å²) in [6.45, 7) is 6.51. The molecule has 0 radical (unpaired) electrons. The summed E-state index contributed by atoms with van der Waals surface area (Å²) in [6.07, 6.45) is 23.1. The fraction of sp³-hybridized carbons (Fsp3) is 0.643. The van der Waals surface area contributed by atoms with Crippen molar-refractivity contribution in [3.8, 4) is 17.2 Å². The van der Waals surface area contributed by atoms with Gasteiger partial charge in [0.15, 0.2) is 0 Å². The van der Waals surface area contributed by atoms with Crippen LogP contribution in [0.1, 0.15) is 153 Å². The van der Waals surface area contributed by atoms with Gasteiger partial charge in [-0.1, -0.05) is 117 Å². The van der Waals surface area contributed by atoms with Crippen molar-refractivity contribution in [1.29, 1.82) is 0 Å². The monoisotopic (exact) mass is 693 g/mol. The standard InChI is InChI=1S/C42H63NO7/c1-3-5-7-9-11-13-14-16-18-20-34-48-40(44)36-29-31-43(32-30-36)42(46)50-39-27-25-38(26-28-39)49-41(45)35-21-23-37(24-22-35)47-33-19-17-15-12-10-8-6-4-2/h21-28,36H,3-20,29-34H2,1-2H3. The van der Waals surface area contributed by atoms with Crippen molar-refractivity contribution < 1.29 is 33.3 Å². The molecule has 50 heavy (non-hydrogen) atoms. The Hall–Kier alpha value is -3.55. The summed E-state index contributed by atoms with van der Waals surface area (Å²) < 4.78 is 22.4. The predicted octanol–water partition coefficient (Wildman–Crippen LogP) is 11.1. The number of hydrogen-bond acceptors (Lipinski definition) is 7. The highest BCUT2D eigenvalue weighted by atomic mass is 16.6. The second-order valence-corrected chi connectivity index (χ2v) is 13.7. The molecule has 1 amide bonds. The van der Waals surface area contributed by atoms with Crippen molar-refractivity contribution in [2.75, 3.05) is 26.3 Å². The third kappa shape index (κ3) is 16.9. The Morgan fingerprint density at radius 1 is 0.560 bits per heavy atom. The van der Waals surface area contributed by atoms with Crippen molar-refractivity contribution >= 4 is 18.0 Å². The number of carbonyl (C=O) groups is 3. The molecule has 8 heteroatoms. The molecule has 0 aromatic heterocycles. The van der Waals surface area contributed by atoms with Crippen LogP contribution in [0.25, 0.3) is 0 Å². The molecule has 0 bridgehead atoms. The van der Waals surface area contributed by atoms with Crippen LogP contribution in [-0.2, 0) is 9.53 Å². The van der Waals surface area contributed by atoms with E-state index in [9.17, 15) is 14.4 Å². The number of esters is 2. The maximum atomic E-state index is 12.8. The van der Waals surface area contributed by atoms with Gasteiger partial charge < -0.3 is 23.8 Å². The van der Waals surface area contributed by atoms with E-state index in [-0.39, 0.29) is 11.9 Å². The second-order valence-electron chi connectivity index (χ2n) is 13.7. The van der Waals surface area contributed by atoms with Gasteiger partial charge in [0, 0.05) is 13.1 Å². The largest absolute Gasteiger partial charge is 0.494 e. The average molecular weight is 694 g/mol. The lowest BCUT2D eigenvalue weighted by Crippen LogP contribution is -2.42. The number of nitrogens with zero attached hydrogens (tertiary/aromatic N) is 1. The molecule has 1 heterocycles. The highest BCUT2D eigenvalue weighted by molar-refractivity contribution is 5.91.